The zero-order valence-electron chi connectivity index (χ0n) is 9.41. The molecule has 1 rings (SSSR count). The molecule has 0 aromatic heterocycles. The van der Waals surface area contributed by atoms with E-state index in [0.717, 1.165) is 5.56 Å². The Morgan fingerprint density at radius 2 is 2.25 bits per heavy atom. The van der Waals surface area contributed by atoms with Gasteiger partial charge < -0.3 is 5.11 Å². The van der Waals surface area contributed by atoms with Crippen LogP contribution in [0, 0.1) is 18.8 Å². The van der Waals surface area contributed by atoms with Crippen LogP contribution in [0.3, 0.4) is 0 Å². The van der Waals surface area contributed by atoms with Crippen molar-refractivity contribution in [2.75, 3.05) is 5.75 Å². The van der Waals surface area contributed by atoms with Gasteiger partial charge in [0.25, 0.3) is 0 Å². The van der Waals surface area contributed by atoms with Crippen molar-refractivity contribution >= 4 is 16.9 Å². The number of aromatic hydroxyl groups is 1. The minimum atomic E-state index is 0.111. The number of phenols is 1. The fourth-order valence-electron chi connectivity index (χ4n) is 1.15. The zero-order valence-corrected chi connectivity index (χ0v) is 10.2. The second-order valence-electron chi connectivity index (χ2n) is 3.41. The minimum Gasteiger partial charge on any atom is -0.507 e. The highest BCUT2D eigenvalue weighted by Crippen LogP contribution is 2.16. The third kappa shape index (κ3) is 4.41. The summed E-state index contributed by atoms with van der Waals surface area (Å²) in [7, 11) is 0. The summed E-state index contributed by atoms with van der Waals surface area (Å²) in [6.45, 7) is 3.50. The molecule has 0 saturated heterocycles. The van der Waals surface area contributed by atoms with Crippen LogP contribution in [0.5, 0.6) is 5.75 Å². The Morgan fingerprint density at radius 3 is 2.94 bits per heavy atom. The van der Waals surface area contributed by atoms with Crippen molar-refractivity contribution in [1.82, 2.24) is 0 Å². The standard InChI is InChI=1S/C13H14O2S/c1-10-6-7-13(15)12(9-10)5-3-4-8-16-11(2)14/h6-7,9,15H,4,8H2,1-2H3. The molecule has 1 aromatic rings. The highest BCUT2D eigenvalue weighted by molar-refractivity contribution is 8.13. The van der Waals surface area contributed by atoms with Gasteiger partial charge in [0.05, 0.1) is 5.56 Å². The topological polar surface area (TPSA) is 37.3 Å². The molecule has 1 N–H and O–H groups in total. The molecule has 3 heteroatoms. The maximum absolute atomic E-state index is 10.7. The number of hydrogen-bond donors (Lipinski definition) is 1. The fourth-order valence-corrected chi connectivity index (χ4v) is 1.65. The van der Waals surface area contributed by atoms with Gasteiger partial charge in [-0.25, -0.2) is 0 Å². The van der Waals surface area contributed by atoms with E-state index >= 15 is 0 Å². The lowest BCUT2D eigenvalue weighted by Crippen LogP contribution is -1.84. The lowest BCUT2D eigenvalue weighted by molar-refractivity contribution is -0.109. The average Bonchev–Trinajstić information content (AvgIpc) is 2.22. The van der Waals surface area contributed by atoms with Crippen molar-refractivity contribution in [1.29, 1.82) is 0 Å². The molecular formula is C13H14O2S. The molecular weight excluding hydrogens is 220 g/mol. The first-order chi connectivity index (χ1) is 7.59. The zero-order chi connectivity index (χ0) is 12.0. The maximum atomic E-state index is 10.7. The van der Waals surface area contributed by atoms with Gasteiger partial charge in [0.15, 0.2) is 5.12 Å². The molecule has 0 saturated carbocycles. The average molecular weight is 234 g/mol. The smallest absolute Gasteiger partial charge is 0.185 e. The highest BCUT2D eigenvalue weighted by Gasteiger charge is 1.96. The summed E-state index contributed by atoms with van der Waals surface area (Å²) >= 11 is 1.27. The van der Waals surface area contributed by atoms with Crippen LogP contribution in [0.15, 0.2) is 18.2 Å². The quantitative estimate of drug-likeness (QED) is 0.631. The van der Waals surface area contributed by atoms with Crippen molar-refractivity contribution in [2.24, 2.45) is 0 Å². The normalized spacial score (nSPS) is 9.38. The van der Waals surface area contributed by atoms with Gasteiger partial charge in [0.2, 0.25) is 0 Å². The van der Waals surface area contributed by atoms with Gasteiger partial charge in [-0.05, 0) is 24.6 Å². The predicted molar refractivity (Wildman–Crippen MR) is 67.5 cm³/mol. The number of benzene rings is 1. The number of hydrogen-bond acceptors (Lipinski definition) is 3. The largest absolute Gasteiger partial charge is 0.507 e. The summed E-state index contributed by atoms with van der Waals surface area (Å²) in [5.74, 6) is 6.75. The molecule has 16 heavy (non-hydrogen) atoms. The molecule has 1 aromatic carbocycles. The molecule has 0 radical (unpaired) electrons. The minimum absolute atomic E-state index is 0.111. The van der Waals surface area contributed by atoms with Crippen LogP contribution in [0.4, 0.5) is 0 Å². The molecule has 0 unspecified atom stereocenters. The summed E-state index contributed by atoms with van der Waals surface area (Å²) < 4.78 is 0. The van der Waals surface area contributed by atoms with Gasteiger partial charge in [0.1, 0.15) is 5.75 Å². The van der Waals surface area contributed by atoms with Crippen molar-refractivity contribution in [2.45, 2.75) is 20.3 Å². The van der Waals surface area contributed by atoms with E-state index in [9.17, 15) is 9.90 Å². The summed E-state index contributed by atoms with van der Waals surface area (Å²) in [4.78, 5) is 10.7. The maximum Gasteiger partial charge on any atom is 0.185 e. The molecule has 0 fully saturated rings. The summed E-state index contributed by atoms with van der Waals surface area (Å²) in [5.41, 5.74) is 1.72. The van der Waals surface area contributed by atoms with E-state index in [4.69, 9.17) is 0 Å². The highest BCUT2D eigenvalue weighted by atomic mass is 32.2. The molecule has 0 aliphatic carbocycles. The summed E-state index contributed by atoms with van der Waals surface area (Å²) in [6.07, 6.45) is 0.650. The second kappa shape index (κ2) is 6.24. The van der Waals surface area contributed by atoms with E-state index in [0.29, 0.717) is 17.7 Å². The first kappa shape index (κ1) is 12.7. The lowest BCUT2D eigenvalue weighted by atomic mass is 10.1. The van der Waals surface area contributed by atoms with Gasteiger partial charge in [-0.15, -0.1) is 0 Å². The number of carbonyl (C=O) groups excluding carboxylic acids is 1. The van der Waals surface area contributed by atoms with Gasteiger partial charge in [-0.1, -0.05) is 29.7 Å². The fraction of sp³-hybridized carbons (Fsp3) is 0.308. The Kier molecular flexibility index (Phi) is 4.94. The predicted octanol–water partition coefficient (Wildman–Crippen LogP) is 2.72. The SMILES string of the molecule is CC(=O)SCCC#Cc1cc(C)ccc1O. The number of thioether (sulfide) groups is 1. The number of aryl methyl sites for hydroxylation is 1. The van der Waals surface area contributed by atoms with Crippen LogP contribution in [0.2, 0.25) is 0 Å². The van der Waals surface area contributed by atoms with Crippen LogP contribution in [-0.4, -0.2) is 16.0 Å². The number of phenolic OH excluding ortho intramolecular Hbond substituents is 1. The van der Waals surface area contributed by atoms with E-state index in [-0.39, 0.29) is 10.9 Å². The van der Waals surface area contributed by atoms with Crippen LogP contribution < -0.4 is 0 Å². The molecule has 2 nitrogen and oxygen atoms in total. The van der Waals surface area contributed by atoms with Gasteiger partial charge in [0, 0.05) is 19.1 Å². The molecule has 0 aliphatic rings. The van der Waals surface area contributed by atoms with Crippen molar-refractivity contribution < 1.29 is 9.90 Å². The van der Waals surface area contributed by atoms with Crippen molar-refractivity contribution in [3.05, 3.63) is 29.3 Å². The number of rotatable bonds is 2. The molecule has 0 aliphatic heterocycles. The first-order valence-electron chi connectivity index (χ1n) is 5.01. The van der Waals surface area contributed by atoms with Gasteiger partial charge >= 0.3 is 0 Å². The Bertz CT molecular complexity index is 441. The van der Waals surface area contributed by atoms with Gasteiger partial charge in [-0.3, -0.25) is 4.79 Å². The van der Waals surface area contributed by atoms with E-state index in [1.165, 1.54) is 11.8 Å². The third-order valence-corrected chi connectivity index (χ3v) is 2.72. The summed E-state index contributed by atoms with van der Waals surface area (Å²) in [6, 6.07) is 5.33. The third-order valence-electron chi connectivity index (χ3n) is 1.91. The molecule has 0 heterocycles. The Labute approximate surface area is 100 Å². The van der Waals surface area contributed by atoms with Crippen LogP contribution in [-0.2, 0) is 4.79 Å². The number of carbonyl (C=O) groups is 1. The summed E-state index contributed by atoms with van der Waals surface area (Å²) in [5, 5.41) is 9.63. The lowest BCUT2D eigenvalue weighted by Gasteiger charge is -1.97. The van der Waals surface area contributed by atoms with E-state index in [1.807, 2.05) is 19.1 Å². The van der Waals surface area contributed by atoms with E-state index < -0.39 is 0 Å². The molecule has 0 atom stereocenters. The Balaban J connectivity index is 2.56. The van der Waals surface area contributed by atoms with Crippen molar-refractivity contribution in [3.8, 4) is 17.6 Å². The van der Waals surface area contributed by atoms with Crippen LogP contribution in [0.1, 0.15) is 24.5 Å². The molecule has 0 amide bonds. The van der Waals surface area contributed by atoms with Gasteiger partial charge in [-0.2, -0.15) is 0 Å². The molecule has 0 bridgehead atoms. The van der Waals surface area contributed by atoms with Crippen LogP contribution >= 0.6 is 11.8 Å². The van der Waals surface area contributed by atoms with Crippen molar-refractivity contribution in [3.63, 3.8) is 0 Å². The first-order valence-corrected chi connectivity index (χ1v) is 6.00. The van der Waals surface area contributed by atoms with Crippen LogP contribution in [0.25, 0.3) is 0 Å². The molecule has 84 valence electrons. The monoisotopic (exact) mass is 234 g/mol. The second-order valence-corrected chi connectivity index (χ2v) is 4.68. The Morgan fingerprint density at radius 1 is 1.50 bits per heavy atom. The Hall–Kier alpha value is -1.40. The molecule has 0 spiro atoms. The van der Waals surface area contributed by atoms with E-state index in [1.54, 1.807) is 13.0 Å². The van der Waals surface area contributed by atoms with E-state index in [2.05, 4.69) is 11.8 Å².